The molecule has 11 aromatic rings. The first-order valence-corrected chi connectivity index (χ1v) is 18.7. The Balaban J connectivity index is 1.07. The van der Waals surface area contributed by atoms with E-state index in [0.717, 1.165) is 72.3 Å². The van der Waals surface area contributed by atoms with Gasteiger partial charge in [-0.2, -0.15) is 0 Å². The number of nitrogens with zero attached hydrogens (tertiary/aromatic N) is 6. The molecule has 3 heterocycles. The lowest BCUT2D eigenvalue weighted by Gasteiger charge is -2.11. The third-order valence-corrected chi connectivity index (χ3v) is 10.5. The smallest absolute Gasteiger partial charge is 0.164 e. The number of aromatic nitrogens is 6. The third kappa shape index (κ3) is 5.35. The largest absolute Gasteiger partial charge is 0.309 e. The van der Waals surface area contributed by atoms with Crippen LogP contribution in [0, 0.1) is 0 Å². The maximum Gasteiger partial charge on any atom is 0.164 e. The summed E-state index contributed by atoms with van der Waals surface area (Å²) < 4.78 is 4.64. The number of para-hydroxylation sites is 2. The van der Waals surface area contributed by atoms with Gasteiger partial charge in [-0.1, -0.05) is 127 Å². The first-order valence-electron chi connectivity index (χ1n) is 18.7. The quantitative estimate of drug-likeness (QED) is 0.172. The van der Waals surface area contributed by atoms with Crippen LogP contribution in [0.3, 0.4) is 0 Å². The Bertz CT molecular complexity index is 3150. The van der Waals surface area contributed by atoms with E-state index in [0.29, 0.717) is 17.5 Å². The number of imidazole rings is 1. The number of hydrogen-bond acceptors (Lipinski definition) is 4. The van der Waals surface area contributed by atoms with Gasteiger partial charge in [0.2, 0.25) is 0 Å². The fraction of sp³-hybridized carbons (Fsp3) is 0. The average molecular weight is 717 g/mol. The van der Waals surface area contributed by atoms with Gasteiger partial charge in [-0.25, -0.2) is 19.9 Å². The second-order valence-corrected chi connectivity index (χ2v) is 14.0. The summed E-state index contributed by atoms with van der Waals surface area (Å²) in [6.07, 6.45) is 0. The van der Waals surface area contributed by atoms with Gasteiger partial charge >= 0.3 is 0 Å². The van der Waals surface area contributed by atoms with Crippen molar-refractivity contribution >= 4 is 43.6 Å². The topological polar surface area (TPSA) is 61.4 Å². The Morgan fingerprint density at radius 2 is 0.786 bits per heavy atom. The van der Waals surface area contributed by atoms with Crippen molar-refractivity contribution in [1.82, 2.24) is 29.1 Å². The molecule has 56 heavy (non-hydrogen) atoms. The minimum absolute atomic E-state index is 0.631. The molecule has 6 nitrogen and oxygen atoms in total. The van der Waals surface area contributed by atoms with Crippen molar-refractivity contribution in [3.63, 3.8) is 0 Å². The first kappa shape index (κ1) is 31.8. The molecule has 0 aliphatic rings. The molecule has 6 heteroatoms. The zero-order valence-electron chi connectivity index (χ0n) is 30.2. The molecule has 0 unspecified atom stereocenters. The standard InChI is InChI=1S/C50H32N6/c1-5-15-33(16-6-1)47-52-48(34-17-7-2-8-18-34)54-49(53-47)35-25-27-40(28-26-35)55-44-24-14-13-23-41(44)42-29-37-30-43-46(32-38(37)31-45(42)55)56(39-21-11-4-12-22-39)50(51-43)36-19-9-3-10-20-36/h1-32H. The minimum Gasteiger partial charge on any atom is -0.309 e. The highest BCUT2D eigenvalue weighted by Crippen LogP contribution is 2.38. The second-order valence-electron chi connectivity index (χ2n) is 14.0. The Morgan fingerprint density at radius 3 is 1.41 bits per heavy atom. The van der Waals surface area contributed by atoms with Crippen molar-refractivity contribution < 1.29 is 0 Å². The Morgan fingerprint density at radius 1 is 0.304 bits per heavy atom. The lowest BCUT2D eigenvalue weighted by atomic mass is 10.0. The molecule has 0 bridgehead atoms. The molecule has 0 N–H and O–H groups in total. The summed E-state index contributed by atoms with van der Waals surface area (Å²) in [6, 6.07) is 67.5. The zero-order valence-corrected chi connectivity index (χ0v) is 30.2. The van der Waals surface area contributed by atoms with Crippen LogP contribution >= 0.6 is 0 Å². The van der Waals surface area contributed by atoms with Crippen LogP contribution in [0.2, 0.25) is 0 Å². The summed E-state index contributed by atoms with van der Waals surface area (Å²) in [6.45, 7) is 0. The van der Waals surface area contributed by atoms with Crippen molar-refractivity contribution in [3.05, 3.63) is 194 Å². The molecule has 0 fully saturated rings. The average Bonchev–Trinajstić information content (AvgIpc) is 3.81. The van der Waals surface area contributed by atoms with Gasteiger partial charge in [-0.15, -0.1) is 0 Å². The van der Waals surface area contributed by atoms with Crippen LogP contribution in [0.1, 0.15) is 0 Å². The molecule has 0 aliphatic carbocycles. The zero-order chi connectivity index (χ0) is 37.0. The van der Waals surface area contributed by atoms with E-state index < -0.39 is 0 Å². The van der Waals surface area contributed by atoms with Gasteiger partial charge in [0.1, 0.15) is 5.82 Å². The van der Waals surface area contributed by atoms with Gasteiger partial charge in [0.15, 0.2) is 17.5 Å². The number of fused-ring (bicyclic) bond motifs is 5. The van der Waals surface area contributed by atoms with Gasteiger partial charge in [0.05, 0.1) is 22.1 Å². The van der Waals surface area contributed by atoms with Gasteiger partial charge in [-0.3, -0.25) is 4.57 Å². The van der Waals surface area contributed by atoms with Gasteiger partial charge in [0.25, 0.3) is 0 Å². The lowest BCUT2D eigenvalue weighted by Crippen LogP contribution is -2.00. The summed E-state index contributed by atoms with van der Waals surface area (Å²) in [7, 11) is 0. The molecule has 0 spiro atoms. The molecule has 262 valence electrons. The minimum atomic E-state index is 0.631. The molecular formula is C50H32N6. The predicted molar refractivity (Wildman–Crippen MR) is 228 cm³/mol. The normalized spacial score (nSPS) is 11.6. The van der Waals surface area contributed by atoms with Crippen molar-refractivity contribution in [2.24, 2.45) is 0 Å². The Hall–Kier alpha value is -7.70. The molecule has 0 radical (unpaired) electrons. The van der Waals surface area contributed by atoms with Gasteiger partial charge < -0.3 is 4.57 Å². The van der Waals surface area contributed by atoms with Crippen LogP contribution in [0.4, 0.5) is 0 Å². The highest BCUT2D eigenvalue weighted by molar-refractivity contribution is 6.15. The molecule has 0 aliphatic heterocycles. The van der Waals surface area contributed by atoms with Crippen LogP contribution < -0.4 is 0 Å². The van der Waals surface area contributed by atoms with E-state index in [4.69, 9.17) is 19.9 Å². The summed E-state index contributed by atoms with van der Waals surface area (Å²) in [5, 5.41) is 4.69. The highest BCUT2D eigenvalue weighted by atomic mass is 15.1. The van der Waals surface area contributed by atoms with Gasteiger partial charge in [0, 0.05) is 44.4 Å². The van der Waals surface area contributed by atoms with Crippen LogP contribution in [0.25, 0.3) is 101 Å². The number of rotatable bonds is 6. The third-order valence-electron chi connectivity index (χ3n) is 10.5. The molecule has 0 saturated carbocycles. The Labute approximate surface area is 322 Å². The van der Waals surface area contributed by atoms with Crippen molar-refractivity contribution in [1.29, 1.82) is 0 Å². The monoisotopic (exact) mass is 716 g/mol. The molecule has 8 aromatic carbocycles. The summed E-state index contributed by atoms with van der Waals surface area (Å²) >= 11 is 0. The van der Waals surface area contributed by atoms with E-state index in [9.17, 15) is 0 Å². The molecule has 11 rings (SSSR count). The van der Waals surface area contributed by atoms with Crippen LogP contribution in [0.5, 0.6) is 0 Å². The number of hydrogen-bond donors (Lipinski definition) is 0. The number of benzene rings is 8. The summed E-state index contributed by atoms with van der Waals surface area (Å²) in [5.41, 5.74) is 10.3. The molecule has 0 amide bonds. The molecule has 0 atom stereocenters. The summed E-state index contributed by atoms with van der Waals surface area (Å²) in [4.78, 5) is 20.0. The van der Waals surface area contributed by atoms with E-state index in [-0.39, 0.29) is 0 Å². The lowest BCUT2D eigenvalue weighted by molar-refractivity contribution is 1.07. The molecule has 3 aromatic heterocycles. The highest BCUT2D eigenvalue weighted by Gasteiger charge is 2.19. The van der Waals surface area contributed by atoms with Crippen LogP contribution in [0.15, 0.2) is 194 Å². The summed E-state index contributed by atoms with van der Waals surface area (Å²) in [5.74, 6) is 2.84. The predicted octanol–water partition coefficient (Wildman–Crippen LogP) is 12.1. The van der Waals surface area contributed by atoms with Crippen molar-refractivity contribution in [2.75, 3.05) is 0 Å². The molecular weight excluding hydrogens is 685 g/mol. The van der Waals surface area contributed by atoms with E-state index in [1.165, 1.54) is 10.8 Å². The van der Waals surface area contributed by atoms with E-state index >= 15 is 0 Å². The van der Waals surface area contributed by atoms with Crippen molar-refractivity contribution in [3.8, 4) is 56.9 Å². The second kappa shape index (κ2) is 13.0. The fourth-order valence-corrected chi connectivity index (χ4v) is 7.88. The van der Waals surface area contributed by atoms with E-state index in [2.05, 4.69) is 137 Å². The first-order chi connectivity index (χ1) is 27.7. The maximum atomic E-state index is 5.23. The van der Waals surface area contributed by atoms with E-state index in [1.807, 2.05) is 66.7 Å². The van der Waals surface area contributed by atoms with E-state index in [1.54, 1.807) is 0 Å². The van der Waals surface area contributed by atoms with Crippen LogP contribution in [-0.2, 0) is 0 Å². The molecule has 0 saturated heterocycles. The SMILES string of the molecule is c1ccc(-c2nc(-c3ccccc3)nc(-c3ccc(-n4c5ccccc5c5cc6cc7nc(-c8ccccc8)n(-c8ccccc8)c7cc6cc54)cc3)n2)cc1. The van der Waals surface area contributed by atoms with Gasteiger partial charge in [-0.05, 0) is 77.5 Å². The Kier molecular flexibility index (Phi) is 7.38. The van der Waals surface area contributed by atoms with Crippen molar-refractivity contribution in [2.45, 2.75) is 0 Å². The van der Waals surface area contributed by atoms with Crippen LogP contribution in [-0.4, -0.2) is 29.1 Å². The fourth-order valence-electron chi connectivity index (χ4n) is 7.88. The maximum absolute atomic E-state index is 5.23.